The predicted molar refractivity (Wildman–Crippen MR) is 117 cm³/mol. The van der Waals surface area contributed by atoms with Gasteiger partial charge >= 0.3 is 0 Å². The molecule has 0 aromatic heterocycles. The van der Waals surface area contributed by atoms with Crippen molar-refractivity contribution in [2.24, 2.45) is 11.7 Å². The minimum atomic E-state index is -0.145. The highest BCUT2D eigenvalue weighted by atomic mass is 16.5. The van der Waals surface area contributed by atoms with Crippen molar-refractivity contribution in [1.29, 1.82) is 0 Å². The first-order valence-corrected chi connectivity index (χ1v) is 11.3. The summed E-state index contributed by atoms with van der Waals surface area (Å²) in [5, 5.41) is 0. The molecule has 2 atom stereocenters. The lowest BCUT2D eigenvalue weighted by Gasteiger charge is -2.47. The third-order valence-electron chi connectivity index (χ3n) is 6.47. The molecule has 3 heteroatoms. The highest BCUT2D eigenvalue weighted by Crippen LogP contribution is 2.54. The summed E-state index contributed by atoms with van der Waals surface area (Å²) in [4.78, 5) is 0. The molecule has 1 heterocycles. The number of unbranched alkanes of at least 4 members (excludes halogenated alkanes) is 3. The Hall–Kier alpha value is -1.48. The summed E-state index contributed by atoms with van der Waals surface area (Å²) >= 11 is 0. The molecule has 0 amide bonds. The quantitative estimate of drug-likeness (QED) is 0.410. The molecule has 0 fully saturated rings. The Bertz CT molecular complexity index is 692. The Kier molecular flexibility index (Phi) is 7.09. The van der Waals surface area contributed by atoms with E-state index >= 15 is 0 Å². The molecule has 0 radical (unpaired) electrons. The van der Waals surface area contributed by atoms with Gasteiger partial charge in [-0.15, -0.1) is 0 Å². The number of fused-ring (bicyclic) bond motifs is 3. The van der Waals surface area contributed by atoms with E-state index in [1.165, 1.54) is 36.0 Å². The Labute approximate surface area is 171 Å². The van der Waals surface area contributed by atoms with E-state index in [1.54, 1.807) is 0 Å². The molecule has 1 aliphatic carbocycles. The lowest BCUT2D eigenvalue weighted by atomic mass is 9.67. The zero-order valence-corrected chi connectivity index (χ0v) is 18.4. The zero-order valence-electron chi connectivity index (χ0n) is 18.4. The van der Waals surface area contributed by atoms with Gasteiger partial charge in [-0.1, -0.05) is 31.4 Å². The summed E-state index contributed by atoms with van der Waals surface area (Å²) in [5.41, 5.74) is 9.66. The van der Waals surface area contributed by atoms with Crippen LogP contribution in [-0.2, 0) is 6.42 Å². The molecule has 0 saturated heterocycles. The Morgan fingerprint density at radius 2 is 2.00 bits per heavy atom. The topological polar surface area (TPSA) is 44.5 Å². The molecule has 1 aromatic rings. The summed E-state index contributed by atoms with van der Waals surface area (Å²) in [6, 6.07) is 4.59. The molecular weight excluding hydrogens is 346 g/mol. The van der Waals surface area contributed by atoms with Crippen LogP contribution in [0.4, 0.5) is 0 Å². The first kappa shape index (κ1) is 21.2. The molecule has 3 nitrogen and oxygen atoms in total. The third kappa shape index (κ3) is 4.74. The summed E-state index contributed by atoms with van der Waals surface area (Å²) < 4.78 is 13.0. The molecule has 0 bridgehead atoms. The lowest BCUT2D eigenvalue weighted by molar-refractivity contribution is 0.00723. The molecule has 1 aromatic carbocycles. The van der Waals surface area contributed by atoms with Gasteiger partial charge in [0, 0.05) is 17.4 Å². The van der Waals surface area contributed by atoms with Crippen LogP contribution in [-0.4, -0.2) is 18.8 Å². The number of hydrogen-bond donors (Lipinski definition) is 1. The second kappa shape index (κ2) is 9.35. The number of nitrogens with two attached hydrogens (primary N) is 1. The van der Waals surface area contributed by atoms with Gasteiger partial charge in [-0.05, 0) is 83.5 Å². The fraction of sp³-hybridized carbons (Fsp3) is 0.680. The van der Waals surface area contributed by atoms with Crippen LogP contribution in [0.5, 0.6) is 11.5 Å². The third-order valence-corrected chi connectivity index (χ3v) is 6.47. The van der Waals surface area contributed by atoms with Crippen LogP contribution in [0.25, 0.3) is 0 Å². The van der Waals surface area contributed by atoms with Gasteiger partial charge in [0.1, 0.15) is 17.1 Å². The molecule has 2 aliphatic rings. The van der Waals surface area contributed by atoms with Crippen molar-refractivity contribution in [3.63, 3.8) is 0 Å². The van der Waals surface area contributed by atoms with Gasteiger partial charge in [-0.3, -0.25) is 0 Å². The van der Waals surface area contributed by atoms with Gasteiger partial charge in [0.2, 0.25) is 0 Å². The zero-order chi connectivity index (χ0) is 20.1. The minimum Gasteiger partial charge on any atom is -0.493 e. The van der Waals surface area contributed by atoms with Gasteiger partial charge in [0.25, 0.3) is 0 Å². The number of benzene rings is 1. The summed E-state index contributed by atoms with van der Waals surface area (Å²) in [7, 11) is 0. The van der Waals surface area contributed by atoms with E-state index in [2.05, 4.69) is 45.9 Å². The number of hydrogen-bond acceptors (Lipinski definition) is 3. The van der Waals surface area contributed by atoms with E-state index in [9.17, 15) is 0 Å². The number of aryl methyl sites for hydroxylation is 1. The van der Waals surface area contributed by atoms with E-state index in [0.717, 1.165) is 56.8 Å². The van der Waals surface area contributed by atoms with Crippen molar-refractivity contribution in [3.8, 4) is 11.5 Å². The van der Waals surface area contributed by atoms with E-state index in [0.29, 0.717) is 11.8 Å². The van der Waals surface area contributed by atoms with Crippen molar-refractivity contribution in [3.05, 3.63) is 34.9 Å². The summed E-state index contributed by atoms with van der Waals surface area (Å²) in [5.74, 6) is 3.10. The maximum Gasteiger partial charge on any atom is 0.127 e. The molecular formula is C25H39NO2. The largest absolute Gasteiger partial charge is 0.493 e. The first-order valence-electron chi connectivity index (χ1n) is 11.3. The van der Waals surface area contributed by atoms with Crippen molar-refractivity contribution in [2.45, 2.75) is 90.6 Å². The van der Waals surface area contributed by atoms with Gasteiger partial charge in [0.05, 0.1) is 6.61 Å². The molecule has 28 heavy (non-hydrogen) atoms. The Morgan fingerprint density at radius 1 is 1.18 bits per heavy atom. The minimum absolute atomic E-state index is 0.145. The molecule has 0 unspecified atom stereocenters. The second-order valence-electron chi connectivity index (χ2n) is 9.22. The average Bonchev–Trinajstić information content (AvgIpc) is 2.64. The molecule has 0 spiro atoms. The SMILES string of the molecule is CCCCCc1cc(OCCCCN)c2c(c1)OC(C)(C)[C@@H]1CC=C(C)C[C@@H]21. The van der Waals surface area contributed by atoms with Gasteiger partial charge in [0.15, 0.2) is 0 Å². The maximum atomic E-state index is 6.61. The summed E-state index contributed by atoms with van der Waals surface area (Å²) in [6.45, 7) is 10.5. The standard InChI is InChI=1S/C25H39NO2/c1-5-6-7-10-19-16-22(27-14-9-8-13-26)24-20-15-18(2)11-12-21(20)25(3,4)28-23(24)17-19/h11,16-17,20-21H,5-10,12-15,26H2,1-4H3/t20-,21-/m1/s1. The first-order chi connectivity index (χ1) is 13.5. The highest BCUT2D eigenvalue weighted by molar-refractivity contribution is 5.53. The van der Waals surface area contributed by atoms with Gasteiger partial charge in [-0.2, -0.15) is 0 Å². The van der Waals surface area contributed by atoms with Crippen LogP contribution < -0.4 is 15.2 Å². The van der Waals surface area contributed by atoms with E-state index in [-0.39, 0.29) is 5.60 Å². The molecule has 0 saturated carbocycles. The van der Waals surface area contributed by atoms with E-state index in [1.807, 2.05) is 0 Å². The van der Waals surface area contributed by atoms with Gasteiger partial charge < -0.3 is 15.2 Å². The van der Waals surface area contributed by atoms with Crippen LogP contribution in [0.2, 0.25) is 0 Å². The van der Waals surface area contributed by atoms with Crippen LogP contribution in [0.1, 0.15) is 89.7 Å². The van der Waals surface area contributed by atoms with Crippen molar-refractivity contribution in [1.82, 2.24) is 0 Å². The van der Waals surface area contributed by atoms with Crippen molar-refractivity contribution in [2.75, 3.05) is 13.2 Å². The molecule has 156 valence electrons. The van der Waals surface area contributed by atoms with Gasteiger partial charge in [-0.25, -0.2) is 0 Å². The van der Waals surface area contributed by atoms with Crippen molar-refractivity contribution < 1.29 is 9.47 Å². The van der Waals surface area contributed by atoms with Crippen LogP contribution in [0.3, 0.4) is 0 Å². The normalized spacial score (nSPS) is 22.7. The highest BCUT2D eigenvalue weighted by Gasteiger charge is 2.45. The summed E-state index contributed by atoms with van der Waals surface area (Å²) in [6.07, 6.45) is 11.4. The maximum absolute atomic E-state index is 6.61. The molecule has 3 rings (SSSR count). The van der Waals surface area contributed by atoms with Crippen LogP contribution >= 0.6 is 0 Å². The number of allylic oxidation sites excluding steroid dienone is 2. The molecule has 2 N–H and O–H groups in total. The van der Waals surface area contributed by atoms with Crippen LogP contribution in [0, 0.1) is 5.92 Å². The number of rotatable bonds is 9. The predicted octanol–water partition coefficient (Wildman–Crippen LogP) is 6.15. The van der Waals surface area contributed by atoms with E-state index in [4.69, 9.17) is 15.2 Å². The second-order valence-corrected chi connectivity index (χ2v) is 9.22. The fourth-order valence-electron chi connectivity index (χ4n) is 4.87. The Morgan fingerprint density at radius 3 is 2.75 bits per heavy atom. The number of ether oxygens (including phenoxy) is 2. The lowest BCUT2D eigenvalue weighted by Crippen LogP contribution is -2.45. The van der Waals surface area contributed by atoms with Crippen molar-refractivity contribution >= 4 is 0 Å². The average molecular weight is 386 g/mol. The Balaban J connectivity index is 1.95. The van der Waals surface area contributed by atoms with E-state index < -0.39 is 0 Å². The van der Waals surface area contributed by atoms with Crippen LogP contribution in [0.15, 0.2) is 23.8 Å². The monoisotopic (exact) mass is 385 g/mol. The molecule has 1 aliphatic heterocycles. The smallest absolute Gasteiger partial charge is 0.127 e. The fourth-order valence-corrected chi connectivity index (χ4v) is 4.87.